The molecule has 0 spiro atoms. The lowest BCUT2D eigenvalue weighted by Crippen LogP contribution is -2.22. The Morgan fingerprint density at radius 2 is 1.43 bits per heavy atom. The maximum Gasteiger partial charge on any atom is 0.336 e. The molecule has 0 aliphatic carbocycles. The van der Waals surface area contributed by atoms with E-state index in [0.717, 1.165) is 5.56 Å². The van der Waals surface area contributed by atoms with Crippen molar-refractivity contribution < 1.29 is 9.90 Å². The number of nitrogens with zero attached hydrogens (tertiary/aromatic N) is 2. The van der Waals surface area contributed by atoms with Crippen LogP contribution in [-0.2, 0) is 0 Å². The fourth-order valence-electron chi connectivity index (χ4n) is 1.85. The normalized spacial score (nSPS) is 11.0. The number of nitrogens with two attached hydrogens (primary N) is 2. The van der Waals surface area contributed by atoms with Gasteiger partial charge in [0.2, 0.25) is 5.96 Å². The van der Waals surface area contributed by atoms with E-state index in [4.69, 9.17) is 11.5 Å². The van der Waals surface area contributed by atoms with Crippen LogP contribution in [0.5, 0.6) is 0 Å². The number of hydrogen-bond acceptors (Lipinski definition) is 3. The molecule has 21 heavy (non-hydrogen) atoms. The lowest BCUT2D eigenvalue weighted by molar-refractivity contribution is 0.0696. The highest BCUT2D eigenvalue weighted by Gasteiger charge is 2.15. The standard InChI is InChI=1S/C15H14N4O2/c16-15(17)19-18-13(10-6-2-1-3-7-10)11-8-4-5-9-12(11)14(20)21/h1-9H,(H,20,21)(H4,16,17,19)/b18-13+. The minimum Gasteiger partial charge on any atom is -0.478 e. The molecule has 0 aliphatic heterocycles. The fraction of sp³-hybridized carbons (Fsp3) is 0. The van der Waals surface area contributed by atoms with E-state index in [-0.39, 0.29) is 11.5 Å². The van der Waals surface area contributed by atoms with Gasteiger partial charge in [0, 0.05) is 11.1 Å². The number of carbonyl (C=O) groups is 1. The van der Waals surface area contributed by atoms with Crippen LogP contribution in [0.15, 0.2) is 64.8 Å². The Hall–Kier alpha value is -3.15. The number of rotatable bonds is 4. The Kier molecular flexibility index (Phi) is 4.30. The smallest absolute Gasteiger partial charge is 0.336 e. The lowest BCUT2D eigenvalue weighted by atomic mass is 9.97. The van der Waals surface area contributed by atoms with Crippen LogP contribution in [-0.4, -0.2) is 22.7 Å². The second-order valence-electron chi connectivity index (χ2n) is 4.19. The van der Waals surface area contributed by atoms with Gasteiger partial charge in [0.05, 0.1) is 5.56 Å². The maximum absolute atomic E-state index is 11.4. The maximum atomic E-state index is 11.4. The molecule has 2 rings (SSSR count). The average molecular weight is 282 g/mol. The summed E-state index contributed by atoms with van der Waals surface area (Å²) in [5, 5.41) is 16.9. The second kappa shape index (κ2) is 6.33. The predicted molar refractivity (Wildman–Crippen MR) is 81.3 cm³/mol. The second-order valence-corrected chi connectivity index (χ2v) is 4.19. The van der Waals surface area contributed by atoms with E-state index in [2.05, 4.69) is 10.2 Å². The first-order chi connectivity index (χ1) is 10.1. The molecule has 106 valence electrons. The van der Waals surface area contributed by atoms with Gasteiger partial charge >= 0.3 is 5.97 Å². The van der Waals surface area contributed by atoms with Crippen LogP contribution in [0, 0.1) is 0 Å². The summed E-state index contributed by atoms with van der Waals surface area (Å²) in [5.41, 5.74) is 12.3. The third-order valence-electron chi connectivity index (χ3n) is 2.73. The van der Waals surface area contributed by atoms with Gasteiger partial charge in [-0.05, 0) is 6.07 Å². The molecule has 0 aliphatic rings. The minimum absolute atomic E-state index is 0.130. The average Bonchev–Trinajstić information content (AvgIpc) is 2.48. The molecule has 0 fully saturated rings. The van der Waals surface area contributed by atoms with Crippen LogP contribution < -0.4 is 11.5 Å². The first-order valence-electron chi connectivity index (χ1n) is 6.14. The molecule has 6 nitrogen and oxygen atoms in total. The van der Waals surface area contributed by atoms with Crippen molar-refractivity contribution in [3.63, 3.8) is 0 Å². The Labute approximate surface area is 121 Å². The quantitative estimate of drug-likeness (QED) is 0.447. The zero-order valence-corrected chi connectivity index (χ0v) is 11.1. The van der Waals surface area contributed by atoms with Crippen molar-refractivity contribution in [2.45, 2.75) is 0 Å². The van der Waals surface area contributed by atoms with Gasteiger partial charge in [0.15, 0.2) is 0 Å². The van der Waals surface area contributed by atoms with E-state index in [1.807, 2.05) is 18.2 Å². The van der Waals surface area contributed by atoms with Gasteiger partial charge in [-0.15, -0.1) is 10.2 Å². The molecule has 6 heteroatoms. The highest BCUT2D eigenvalue weighted by atomic mass is 16.4. The van der Waals surface area contributed by atoms with Crippen LogP contribution in [0.2, 0.25) is 0 Å². The lowest BCUT2D eigenvalue weighted by Gasteiger charge is -2.08. The van der Waals surface area contributed by atoms with E-state index in [0.29, 0.717) is 11.3 Å². The van der Waals surface area contributed by atoms with Crippen molar-refractivity contribution in [2.24, 2.45) is 21.7 Å². The Morgan fingerprint density at radius 3 is 2.00 bits per heavy atom. The third kappa shape index (κ3) is 3.44. The molecule has 0 atom stereocenters. The topological polar surface area (TPSA) is 114 Å². The number of carboxylic acid groups (broad SMARTS) is 1. The van der Waals surface area contributed by atoms with Crippen molar-refractivity contribution in [3.8, 4) is 0 Å². The summed E-state index contributed by atoms with van der Waals surface area (Å²) >= 11 is 0. The Morgan fingerprint density at radius 1 is 0.857 bits per heavy atom. The van der Waals surface area contributed by atoms with Crippen molar-refractivity contribution in [1.82, 2.24) is 0 Å². The third-order valence-corrected chi connectivity index (χ3v) is 2.73. The molecule has 0 saturated heterocycles. The first kappa shape index (κ1) is 14.3. The monoisotopic (exact) mass is 282 g/mol. The van der Waals surface area contributed by atoms with Gasteiger partial charge in [-0.1, -0.05) is 48.5 Å². The van der Waals surface area contributed by atoms with Crippen molar-refractivity contribution >= 4 is 17.6 Å². The number of carboxylic acids is 1. The van der Waals surface area contributed by atoms with E-state index in [1.54, 1.807) is 30.3 Å². The molecule has 0 amide bonds. The first-order valence-corrected chi connectivity index (χ1v) is 6.14. The highest BCUT2D eigenvalue weighted by molar-refractivity contribution is 6.17. The molecule has 0 unspecified atom stereocenters. The molecule has 2 aromatic carbocycles. The summed E-state index contributed by atoms with van der Waals surface area (Å²) in [6, 6.07) is 15.7. The summed E-state index contributed by atoms with van der Waals surface area (Å²) in [7, 11) is 0. The molecular formula is C15H14N4O2. The zero-order valence-electron chi connectivity index (χ0n) is 11.1. The van der Waals surface area contributed by atoms with E-state index < -0.39 is 5.97 Å². The van der Waals surface area contributed by atoms with Crippen LogP contribution in [0.4, 0.5) is 0 Å². The van der Waals surface area contributed by atoms with Gasteiger partial charge < -0.3 is 16.6 Å². The summed E-state index contributed by atoms with van der Waals surface area (Å²) < 4.78 is 0. The van der Waals surface area contributed by atoms with Gasteiger partial charge in [0.25, 0.3) is 0 Å². The SMILES string of the molecule is NC(N)=N/N=C(\c1ccccc1)c1ccccc1C(=O)O. The van der Waals surface area contributed by atoms with Gasteiger partial charge in [-0.25, -0.2) is 4.79 Å². The van der Waals surface area contributed by atoms with E-state index in [9.17, 15) is 9.90 Å². The van der Waals surface area contributed by atoms with Crippen LogP contribution >= 0.6 is 0 Å². The highest BCUT2D eigenvalue weighted by Crippen LogP contribution is 2.16. The summed E-state index contributed by atoms with van der Waals surface area (Å²) in [4.78, 5) is 11.4. The summed E-state index contributed by atoms with van der Waals surface area (Å²) in [6.07, 6.45) is 0. The van der Waals surface area contributed by atoms with Gasteiger partial charge in [0.1, 0.15) is 5.71 Å². The number of hydrogen-bond donors (Lipinski definition) is 3. The molecule has 0 bridgehead atoms. The Bertz CT molecular complexity index is 705. The fourth-order valence-corrected chi connectivity index (χ4v) is 1.85. The van der Waals surface area contributed by atoms with Crippen LogP contribution in [0.3, 0.4) is 0 Å². The van der Waals surface area contributed by atoms with Crippen molar-refractivity contribution in [1.29, 1.82) is 0 Å². The minimum atomic E-state index is -1.04. The van der Waals surface area contributed by atoms with Gasteiger partial charge in [-0.2, -0.15) is 0 Å². The molecule has 0 heterocycles. The number of aromatic carboxylic acids is 1. The molecule has 0 radical (unpaired) electrons. The van der Waals surface area contributed by atoms with E-state index >= 15 is 0 Å². The Balaban J connectivity index is 2.65. The zero-order chi connectivity index (χ0) is 15.2. The predicted octanol–water partition coefficient (Wildman–Crippen LogP) is 1.41. The molecule has 2 aromatic rings. The molecular weight excluding hydrogens is 268 g/mol. The molecule has 5 N–H and O–H groups in total. The van der Waals surface area contributed by atoms with Crippen LogP contribution in [0.1, 0.15) is 21.5 Å². The number of benzene rings is 2. The van der Waals surface area contributed by atoms with Crippen LogP contribution in [0.25, 0.3) is 0 Å². The number of guanidine groups is 1. The summed E-state index contributed by atoms with van der Waals surface area (Å²) in [5.74, 6) is -1.24. The summed E-state index contributed by atoms with van der Waals surface area (Å²) in [6.45, 7) is 0. The van der Waals surface area contributed by atoms with E-state index in [1.165, 1.54) is 6.07 Å². The largest absolute Gasteiger partial charge is 0.478 e. The molecule has 0 aromatic heterocycles. The van der Waals surface area contributed by atoms with Crippen molar-refractivity contribution in [3.05, 3.63) is 71.3 Å². The van der Waals surface area contributed by atoms with Gasteiger partial charge in [-0.3, -0.25) is 0 Å². The van der Waals surface area contributed by atoms with Crippen molar-refractivity contribution in [2.75, 3.05) is 0 Å². The molecule has 0 saturated carbocycles.